The van der Waals surface area contributed by atoms with Gasteiger partial charge in [0.05, 0.1) is 0 Å². The summed E-state index contributed by atoms with van der Waals surface area (Å²) in [7, 11) is 0. The van der Waals surface area contributed by atoms with Crippen molar-refractivity contribution in [3.05, 3.63) is 34.4 Å². The van der Waals surface area contributed by atoms with Crippen molar-refractivity contribution in [3.63, 3.8) is 0 Å². The molecule has 1 rings (SSSR count). The van der Waals surface area contributed by atoms with Crippen LogP contribution in [0, 0.1) is 10.1 Å². The van der Waals surface area contributed by atoms with Crippen molar-refractivity contribution in [2.24, 2.45) is 0 Å². The molecule has 0 aromatic heterocycles. The highest BCUT2D eigenvalue weighted by Crippen LogP contribution is 2.25. The lowest BCUT2D eigenvalue weighted by atomic mass is 9.87. The first-order valence-electron chi connectivity index (χ1n) is 3.76. The van der Waals surface area contributed by atoms with Crippen LogP contribution in [0.25, 0.3) is 0 Å². The van der Waals surface area contributed by atoms with E-state index >= 15 is 0 Å². The number of aliphatic hydroxyl groups is 1. The molecule has 66 valence electrons. The van der Waals surface area contributed by atoms with Gasteiger partial charge < -0.3 is 5.11 Å². The van der Waals surface area contributed by atoms with Crippen LogP contribution in [0.2, 0.25) is 0 Å². The van der Waals surface area contributed by atoms with Crippen LogP contribution >= 0.6 is 0 Å². The number of nitro groups is 1. The maximum Gasteiger partial charge on any atom is 0.269 e. The average molecular weight is 169 g/mol. The molecule has 0 aromatic carbocycles. The molecule has 0 aromatic rings. The molecule has 0 aliphatic heterocycles. The summed E-state index contributed by atoms with van der Waals surface area (Å²) in [6.45, 7) is 1.44. The molecule has 0 bridgehead atoms. The summed E-state index contributed by atoms with van der Waals surface area (Å²) in [6.07, 6.45) is 5.76. The van der Waals surface area contributed by atoms with Crippen LogP contribution < -0.4 is 0 Å². The number of hydrogen-bond donors (Lipinski definition) is 1. The van der Waals surface area contributed by atoms with E-state index in [1.54, 1.807) is 18.2 Å². The molecule has 4 nitrogen and oxygen atoms in total. The summed E-state index contributed by atoms with van der Waals surface area (Å²) in [4.78, 5) is 10.2. The molecule has 1 N–H and O–H groups in total. The van der Waals surface area contributed by atoms with Gasteiger partial charge in [0.2, 0.25) is 0 Å². The van der Waals surface area contributed by atoms with Crippen molar-refractivity contribution in [1.29, 1.82) is 0 Å². The van der Waals surface area contributed by atoms with Crippen LogP contribution in [0.4, 0.5) is 0 Å². The van der Waals surface area contributed by atoms with Crippen LogP contribution in [0.3, 0.4) is 0 Å². The Morgan fingerprint density at radius 3 is 2.58 bits per heavy atom. The van der Waals surface area contributed by atoms with Gasteiger partial charge in [-0.3, -0.25) is 10.1 Å². The molecule has 12 heavy (non-hydrogen) atoms. The second kappa shape index (κ2) is 3.06. The normalized spacial score (nSPS) is 30.2. The Labute approximate surface area is 70.4 Å². The molecule has 2 atom stereocenters. The Morgan fingerprint density at radius 2 is 2.33 bits per heavy atom. The first kappa shape index (κ1) is 8.93. The molecule has 0 heterocycles. The maximum atomic E-state index is 10.7. The second-order valence-electron chi connectivity index (χ2n) is 2.92. The van der Waals surface area contributed by atoms with E-state index in [1.807, 2.05) is 0 Å². The standard InChI is InChI=1S/C8H11NO3/c1-7(10)8(9(11)12)5-3-2-4-6-8/h2-5,7,10H,6H2,1H3. The monoisotopic (exact) mass is 169 g/mol. The topological polar surface area (TPSA) is 63.4 Å². The maximum absolute atomic E-state index is 10.7. The third kappa shape index (κ3) is 1.25. The molecule has 0 spiro atoms. The Hall–Kier alpha value is -1.16. The van der Waals surface area contributed by atoms with E-state index in [0.717, 1.165) is 0 Å². The van der Waals surface area contributed by atoms with Crippen LogP contribution in [0.15, 0.2) is 24.3 Å². The highest BCUT2D eigenvalue weighted by atomic mass is 16.6. The molecular formula is C8H11NO3. The van der Waals surface area contributed by atoms with Gasteiger partial charge in [-0.2, -0.15) is 0 Å². The first-order chi connectivity index (χ1) is 5.59. The van der Waals surface area contributed by atoms with E-state index in [-0.39, 0.29) is 6.42 Å². The number of rotatable bonds is 2. The molecule has 4 heteroatoms. The summed E-state index contributed by atoms with van der Waals surface area (Å²) in [5, 5.41) is 19.9. The molecule has 0 amide bonds. The van der Waals surface area contributed by atoms with E-state index in [4.69, 9.17) is 0 Å². The van der Waals surface area contributed by atoms with Crippen molar-refractivity contribution in [1.82, 2.24) is 0 Å². The quantitative estimate of drug-likeness (QED) is 0.493. The zero-order chi connectivity index (χ0) is 9.19. The van der Waals surface area contributed by atoms with Gasteiger partial charge in [0.15, 0.2) is 0 Å². The summed E-state index contributed by atoms with van der Waals surface area (Å²) in [5.74, 6) is 0. The lowest BCUT2D eigenvalue weighted by Crippen LogP contribution is -2.46. The van der Waals surface area contributed by atoms with E-state index in [0.29, 0.717) is 0 Å². The number of nitrogens with zero attached hydrogens (tertiary/aromatic N) is 1. The van der Waals surface area contributed by atoms with Gasteiger partial charge in [0, 0.05) is 11.3 Å². The predicted molar refractivity (Wildman–Crippen MR) is 44.3 cm³/mol. The molecule has 1 aliphatic rings. The summed E-state index contributed by atoms with van der Waals surface area (Å²) in [5.41, 5.74) is -1.31. The number of hydrogen-bond acceptors (Lipinski definition) is 3. The van der Waals surface area contributed by atoms with Gasteiger partial charge in [0.1, 0.15) is 6.10 Å². The minimum atomic E-state index is -1.31. The largest absolute Gasteiger partial charge is 0.386 e. The number of aliphatic hydroxyl groups excluding tert-OH is 1. The second-order valence-corrected chi connectivity index (χ2v) is 2.92. The lowest BCUT2D eigenvalue weighted by molar-refractivity contribution is -0.566. The van der Waals surface area contributed by atoms with Crippen molar-refractivity contribution in [3.8, 4) is 0 Å². The average Bonchev–Trinajstić information content (AvgIpc) is 2.05. The van der Waals surface area contributed by atoms with Crippen LogP contribution in [0.1, 0.15) is 13.3 Å². The highest BCUT2D eigenvalue weighted by molar-refractivity contribution is 5.19. The van der Waals surface area contributed by atoms with Crippen molar-refractivity contribution in [2.75, 3.05) is 0 Å². The zero-order valence-corrected chi connectivity index (χ0v) is 6.80. The van der Waals surface area contributed by atoms with Crippen LogP contribution in [-0.4, -0.2) is 21.7 Å². The van der Waals surface area contributed by atoms with Gasteiger partial charge in [-0.05, 0) is 13.0 Å². The molecular weight excluding hydrogens is 158 g/mol. The van der Waals surface area contributed by atoms with Crippen LogP contribution in [-0.2, 0) is 0 Å². The fourth-order valence-corrected chi connectivity index (χ4v) is 1.22. The SMILES string of the molecule is CC(O)C1([N+](=O)[O-])C=CC=CC1. The minimum absolute atomic E-state index is 0.258. The van der Waals surface area contributed by atoms with E-state index in [1.165, 1.54) is 13.0 Å². The van der Waals surface area contributed by atoms with Gasteiger partial charge in [-0.25, -0.2) is 0 Å². The van der Waals surface area contributed by atoms with Crippen molar-refractivity contribution < 1.29 is 10.0 Å². The number of allylic oxidation sites excluding steroid dienone is 2. The Bertz CT molecular complexity index is 245. The van der Waals surface area contributed by atoms with Gasteiger partial charge in [-0.15, -0.1) is 0 Å². The summed E-state index contributed by atoms with van der Waals surface area (Å²) < 4.78 is 0. The van der Waals surface area contributed by atoms with E-state index in [2.05, 4.69) is 0 Å². The van der Waals surface area contributed by atoms with Crippen molar-refractivity contribution in [2.45, 2.75) is 25.0 Å². The Kier molecular flexibility index (Phi) is 2.28. The fourth-order valence-electron chi connectivity index (χ4n) is 1.22. The molecule has 2 unspecified atom stereocenters. The van der Waals surface area contributed by atoms with Gasteiger partial charge in [0.25, 0.3) is 5.54 Å². The lowest BCUT2D eigenvalue weighted by Gasteiger charge is -2.24. The third-order valence-corrected chi connectivity index (χ3v) is 2.14. The molecule has 0 saturated carbocycles. The summed E-state index contributed by atoms with van der Waals surface area (Å²) >= 11 is 0. The first-order valence-corrected chi connectivity index (χ1v) is 3.76. The van der Waals surface area contributed by atoms with Gasteiger partial charge in [-0.1, -0.05) is 18.2 Å². The van der Waals surface area contributed by atoms with E-state index < -0.39 is 16.6 Å². The molecule has 0 fully saturated rings. The van der Waals surface area contributed by atoms with Gasteiger partial charge >= 0.3 is 0 Å². The Morgan fingerprint density at radius 1 is 1.67 bits per heavy atom. The minimum Gasteiger partial charge on any atom is -0.386 e. The molecule has 1 aliphatic carbocycles. The third-order valence-electron chi connectivity index (χ3n) is 2.14. The Balaban J connectivity index is 2.96. The molecule has 0 saturated heterocycles. The zero-order valence-electron chi connectivity index (χ0n) is 6.80. The summed E-state index contributed by atoms with van der Waals surface area (Å²) in [6, 6.07) is 0. The van der Waals surface area contributed by atoms with E-state index in [9.17, 15) is 15.2 Å². The fraction of sp³-hybridized carbons (Fsp3) is 0.500. The highest BCUT2D eigenvalue weighted by Gasteiger charge is 2.44. The predicted octanol–water partition coefficient (Wildman–Crippen LogP) is 0.899. The molecule has 0 radical (unpaired) electrons. The van der Waals surface area contributed by atoms with Crippen molar-refractivity contribution >= 4 is 0 Å². The smallest absolute Gasteiger partial charge is 0.269 e. The van der Waals surface area contributed by atoms with Crippen LogP contribution in [0.5, 0.6) is 0 Å².